The van der Waals surface area contributed by atoms with Crippen molar-refractivity contribution in [3.8, 4) is 0 Å². The Morgan fingerprint density at radius 2 is 2.21 bits per heavy atom. The minimum Gasteiger partial charge on any atom is -0.368 e. The zero-order valence-corrected chi connectivity index (χ0v) is 9.09. The van der Waals surface area contributed by atoms with Gasteiger partial charge in [-0.2, -0.15) is 4.31 Å². The average molecular weight is 220 g/mol. The smallest absolute Gasteiger partial charge is 0.235 e. The third kappa shape index (κ3) is 2.24. The summed E-state index contributed by atoms with van der Waals surface area (Å²) in [5, 5.41) is 0. The van der Waals surface area contributed by atoms with Crippen molar-refractivity contribution in [2.45, 2.75) is 32.2 Å². The first-order valence-corrected chi connectivity index (χ1v) is 6.39. The fourth-order valence-corrected chi connectivity index (χ4v) is 3.49. The van der Waals surface area contributed by atoms with Crippen LogP contribution in [0.4, 0.5) is 0 Å². The second-order valence-electron chi connectivity index (χ2n) is 3.49. The lowest BCUT2D eigenvalue weighted by molar-refractivity contribution is -0.121. The zero-order chi connectivity index (χ0) is 10.8. The van der Waals surface area contributed by atoms with Crippen LogP contribution < -0.4 is 5.73 Å². The molecule has 0 aromatic heterocycles. The Bertz CT molecular complexity index is 313. The molecule has 1 rings (SSSR count). The van der Waals surface area contributed by atoms with Crippen molar-refractivity contribution in [1.29, 1.82) is 0 Å². The lowest BCUT2D eigenvalue weighted by Gasteiger charge is -2.21. The van der Waals surface area contributed by atoms with Crippen LogP contribution in [-0.2, 0) is 14.8 Å². The molecular weight excluding hydrogens is 204 g/mol. The second-order valence-corrected chi connectivity index (χ2v) is 5.53. The van der Waals surface area contributed by atoms with Crippen molar-refractivity contribution in [3.05, 3.63) is 0 Å². The van der Waals surface area contributed by atoms with Crippen LogP contribution in [0, 0.1) is 0 Å². The molecule has 14 heavy (non-hydrogen) atoms. The van der Waals surface area contributed by atoms with E-state index in [9.17, 15) is 13.2 Å². The van der Waals surface area contributed by atoms with Crippen molar-refractivity contribution < 1.29 is 13.2 Å². The van der Waals surface area contributed by atoms with Crippen molar-refractivity contribution >= 4 is 15.9 Å². The van der Waals surface area contributed by atoms with E-state index in [4.69, 9.17) is 5.73 Å². The lowest BCUT2D eigenvalue weighted by Crippen LogP contribution is -2.44. The van der Waals surface area contributed by atoms with Gasteiger partial charge in [-0.3, -0.25) is 4.79 Å². The predicted molar refractivity (Wildman–Crippen MR) is 53.0 cm³/mol. The third-order valence-corrected chi connectivity index (χ3v) is 4.43. The SMILES string of the molecule is CCCS(=O)(=O)N1CCC[C@H]1C(N)=O. The fraction of sp³-hybridized carbons (Fsp3) is 0.875. The first-order valence-electron chi connectivity index (χ1n) is 4.78. The maximum absolute atomic E-state index is 11.7. The van der Waals surface area contributed by atoms with Gasteiger partial charge in [0.2, 0.25) is 15.9 Å². The molecule has 2 N–H and O–H groups in total. The zero-order valence-electron chi connectivity index (χ0n) is 8.27. The molecule has 0 aliphatic carbocycles. The van der Waals surface area contributed by atoms with Gasteiger partial charge in [0.05, 0.1) is 5.75 Å². The quantitative estimate of drug-likeness (QED) is 0.704. The number of primary amides is 1. The van der Waals surface area contributed by atoms with Crippen LogP contribution in [-0.4, -0.2) is 37.0 Å². The van der Waals surface area contributed by atoms with Crippen molar-refractivity contribution in [2.75, 3.05) is 12.3 Å². The highest BCUT2D eigenvalue weighted by molar-refractivity contribution is 7.89. The van der Waals surface area contributed by atoms with Crippen LogP contribution in [0.5, 0.6) is 0 Å². The van der Waals surface area contributed by atoms with Gasteiger partial charge in [-0.1, -0.05) is 6.92 Å². The standard InChI is InChI=1S/C8H16N2O3S/c1-2-6-14(12,13)10-5-3-4-7(10)8(9)11/h7H,2-6H2,1H3,(H2,9,11)/t7-/m0/s1. The topological polar surface area (TPSA) is 80.5 Å². The van der Waals surface area contributed by atoms with Gasteiger partial charge in [0.1, 0.15) is 6.04 Å². The van der Waals surface area contributed by atoms with E-state index < -0.39 is 22.0 Å². The highest BCUT2D eigenvalue weighted by Crippen LogP contribution is 2.21. The number of carbonyl (C=O) groups is 1. The number of rotatable bonds is 4. The Labute approximate surface area is 84.3 Å². The van der Waals surface area contributed by atoms with Gasteiger partial charge in [-0.15, -0.1) is 0 Å². The molecule has 5 nitrogen and oxygen atoms in total. The molecule has 1 fully saturated rings. The second kappa shape index (κ2) is 4.27. The van der Waals surface area contributed by atoms with E-state index in [-0.39, 0.29) is 5.75 Å². The van der Waals surface area contributed by atoms with E-state index in [1.807, 2.05) is 0 Å². The Hall–Kier alpha value is -0.620. The van der Waals surface area contributed by atoms with Crippen LogP contribution >= 0.6 is 0 Å². The summed E-state index contributed by atoms with van der Waals surface area (Å²) in [6, 6.07) is -0.619. The minimum absolute atomic E-state index is 0.0940. The molecule has 1 heterocycles. The molecular formula is C8H16N2O3S. The monoisotopic (exact) mass is 220 g/mol. The highest BCUT2D eigenvalue weighted by Gasteiger charge is 2.36. The van der Waals surface area contributed by atoms with Gasteiger partial charge in [0, 0.05) is 6.54 Å². The number of nitrogens with zero attached hydrogens (tertiary/aromatic N) is 1. The summed E-state index contributed by atoms with van der Waals surface area (Å²) in [5.41, 5.74) is 5.14. The summed E-state index contributed by atoms with van der Waals surface area (Å²) in [6.07, 6.45) is 1.83. The number of sulfonamides is 1. The highest BCUT2D eigenvalue weighted by atomic mass is 32.2. The minimum atomic E-state index is -3.27. The van der Waals surface area contributed by atoms with Crippen LogP contribution in [0.3, 0.4) is 0 Å². The molecule has 0 unspecified atom stereocenters. The number of carbonyl (C=O) groups excluding carboxylic acids is 1. The Morgan fingerprint density at radius 3 is 2.71 bits per heavy atom. The normalized spacial score (nSPS) is 23.9. The molecule has 0 aromatic carbocycles. The van der Waals surface area contributed by atoms with E-state index in [2.05, 4.69) is 0 Å². The van der Waals surface area contributed by atoms with Crippen molar-refractivity contribution in [1.82, 2.24) is 4.31 Å². The predicted octanol–water partition coefficient (Wildman–Crippen LogP) is -0.324. The first-order chi connectivity index (χ1) is 6.49. The van der Waals surface area contributed by atoms with E-state index in [1.54, 1.807) is 6.92 Å². The van der Waals surface area contributed by atoms with Crippen molar-refractivity contribution in [2.24, 2.45) is 5.73 Å². The van der Waals surface area contributed by atoms with Gasteiger partial charge in [0.25, 0.3) is 0 Å². The van der Waals surface area contributed by atoms with Gasteiger partial charge in [0.15, 0.2) is 0 Å². The maximum Gasteiger partial charge on any atom is 0.235 e. The summed E-state index contributed by atoms with van der Waals surface area (Å²) >= 11 is 0. The average Bonchev–Trinajstić information content (AvgIpc) is 2.51. The molecule has 82 valence electrons. The molecule has 0 aromatic rings. The summed E-state index contributed by atoms with van der Waals surface area (Å²) in [7, 11) is -3.27. The number of nitrogens with two attached hydrogens (primary N) is 1. The van der Waals surface area contributed by atoms with Gasteiger partial charge in [-0.05, 0) is 19.3 Å². The molecule has 1 aliphatic heterocycles. The molecule has 6 heteroatoms. The number of hydrogen-bond donors (Lipinski definition) is 1. The molecule has 1 aliphatic rings. The maximum atomic E-state index is 11.7. The van der Waals surface area contributed by atoms with Crippen LogP contribution in [0.15, 0.2) is 0 Å². The number of amides is 1. The van der Waals surface area contributed by atoms with E-state index in [0.717, 1.165) is 6.42 Å². The molecule has 0 spiro atoms. The molecule has 1 atom stereocenters. The summed E-state index contributed by atoms with van der Waals surface area (Å²) in [4.78, 5) is 11.0. The third-order valence-electron chi connectivity index (χ3n) is 2.35. The van der Waals surface area contributed by atoms with Crippen LogP contribution in [0.1, 0.15) is 26.2 Å². The largest absolute Gasteiger partial charge is 0.368 e. The summed E-state index contributed by atoms with van der Waals surface area (Å²) in [5.74, 6) is -0.446. The van der Waals surface area contributed by atoms with Gasteiger partial charge >= 0.3 is 0 Å². The summed E-state index contributed by atoms with van der Waals surface area (Å²) in [6.45, 7) is 2.23. The Morgan fingerprint density at radius 1 is 1.57 bits per heavy atom. The first kappa shape index (κ1) is 11.5. The Balaban J connectivity index is 2.81. The van der Waals surface area contributed by atoms with Gasteiger partial charge in [-0.25, -0.2) is 8.42 Å². The molecule has 1 saturated heterocycles. The fourth-order valence-electron chi connectivity index (χ4n) is 1.73. The summed E-state index contributed by atoms with van der Waals surface area (Å²) < 4.78 is 24.6. The van der Waals surface area contributed by atoms with E-state index in [1.165, 1.54) is 4.31 Å². The van der Waals surface area contributed by atoms with Crippen LogP contribution in [0.25, 0.3) is 0 Å². The molecule has 0 saturated carbocycles. The van der Waals surface area contributed by atoms with E-state index in [0.29, 0.717) is 19.4 Å². The number of hydrogen-bond acceptors (Lipinski definition) is 3. The molecule has 1 amide bonds. The van der Waals surface area contributed by atoms with E-state index >= 15 is 0 Å². The van der Waals surface area contributed by atoms with Crippen molar-refractivity contribution in [3.63, 3.8) is 0 Å². The lowest BCUT2D eigenvalue weighted by atomic mass is 10.2. The van der Waals surface area contributed by atoms with Gasteiger partial charge < -0.3 is 5.73 Å². The molecule has 0 bridgehead atoms. The van der Waals surface area contributed by atoms with Crippen LogP contribution in [0.2, 0.25) is 0 Å². The molecule has 0 radical (unpaired) electrons. The Kier molecular flexibility index (Phi) is 3.49.